The molecule has 0 N–H and O–H groups in total. The number of benzene rings is 1. The molecular weight excluding hydrogens is 403 g/mol. The van der Waals surface area contributed by atoms with Gasteiger partial charge in [-0.3, -0.25) is 9.59 Å². The highest BCUT2D eigenvalue weighted by Crippen LogP contribution is 2.37. The summed E-state index contributed by atoms with van der Waals surface area (Å²) in [5.74, 6) is -0.370. The zero-order valence-electron chi connectivity index (χ0n) is 17.6. The normalized spacial score (nSPS) is 23.7. The molecule has 0 saturated carbocycles. The zero-order chi connectivity index (χ0) is 21.8. The Hall–Kier alpha value is -2.74. The number of carbonyl (C=O) groups excluding carboxylic acids is 2. The van der Waals surface area contributed by atoms with Gasteiger partial charge in [-0.05, 0) is 44.7 Å². The first kappa shape index (κ1) is 21.5. The van der Waals surface area contributed by atoms with Crippen LogP contribution in [0.2, 0.25) is 0 Å². The van der Waals surface area contributed by atoms with Gasteiger partial charge in [0.25, 0.3) is 5.91 Å². The molecule has 1 aromatic heterocycles. The lowest BCUT2D eigenvalue weighted by Gasteiger charge is -2.41. The van der Waals surface area contributed by atoms with E-state index in [0.717, 1.165) is 6.42 Å². The maximum Gasteiger partial charge on any atom is 0.314 e. The van der Waals surface area contributed by atoms with Gasteiger partial charge in [0.15, 0.2) is 0 Å². The van der Waals surface area contributed by atoms with Crippen molar-refractivity contribution in [2.24, 2.45) is 5.41 Å². The highest BCUT2D eigenvalue weighted by molar-refractivity contribution is 5.83. The number of ether oxygens (including phenoxy) is 2. The van der Waals surface area contributed by atoms with E-state index in [4.69, 9.17) is 14.0 Å². The van der Waals surface area contributed by atoms with Crippen LogP contribution in [0.3, 0.4) is 0 Å². The number of hydrogen-bond acceptors (Lipinski definition) is 6. The Morgan fingerprint density at radius 3 is 2.90 bits per heavy atom. The van der Waals surface area contributed by atoms with Crippen LogP contribution in [0, 0.1) is 11.2 Å². The van der Waals surface area contributed by atoms with Gasteiger partial charge < -0.3 is 18.9 Å². The highest BCUT2D eigenvalue weighted by atomic mass is 19.1. The van der Waals surface area contributed by atoms with E-state index in [0.29, 0.717) is 49.4 Å². The van der Waals surface area contributed by atoms with Gasteiger partial charge in [-0.15, -0.1) is 0 Å². The van der Waals surface area contributed by atoms with Crippen LogP contribution in [0.25, 0.3) is 11.3 Å². The molecule has 4 rings (SSSR count). The zero-order valence-corrected chi connectivity index (χ0v) is 17.6. The first-order chi connectivity index (χ1) is 15.0. The molecule has 0 aliphatic carbocycles. The summed E-state index contributed by atoms with van der Waals surface area (Å²) in [6, 6.07) is 7.97. The number of halogens is 1. The van der Waals surface area contributed by atoms with Crippen molar-refractivity contribution in [3.8, 4) is 11.3 Å². The molecule has 0 bridgehead atoms. The van der Waals surface area contributed by atoms with Crippen LogP contribution in [0.15, 0.2) is 34.9 Å². The van der Waals surface area contributed by atoms with Gasteiger partial charge in [0.1, 0.15) is 23.4 Å². The summed E-state index contributed by atoms with van der Waals surface area (Å²) in [4.78, 5) is 27.7. The molecule has 2 aromatic rings. The van der Waals surface area contributed by atoms with Crippen LogP contribution in [-0.2, 0) is 25.5 Å². The predicted octanol–water partition coefficient (Wildman–Crippen LogP) is 3.37. The molecule has 2 saturated heterocycles. The minimum atomic E-state index is -0.936. The van der Waals surface area contributed by atoms with Gasteiger partial charge in [0.2, 0.25) is 0 Å². The van der Waals surface area contributed by atoms with Gasteiger partial charge in [-0.25, -0.2) is 4.39 Å². The van der Waals surface area contributed by atoms with E-state index in [-0.39, 0.29) is 31.4 Å². The van der Waals surface area contributed by atoms with E-state index in [9.17, 15) is 14.0 Å². The Morgan fingerprint density at radius 2 is 2.16 bits per heavy atom. The van der Waals surface area contributed by atoms with Crippen molar-refractivity contribution in [1.29, 1.82) is 0 Å². The van der Waals surface area contributed by atoms with Gasteiger partial charge in [-0.2, -0.15) is 0 Å². The molecule has 1 amide bonds. The number of esters is 1. The third-order valence-electron chi connectivity index (χ3n) is 6.02. The van der Waals surface area contributed by atoms with Crippen molar-refractivity contribution in [3.63, 3.8) is 0 Å². The number of likely N-dealkylation sites (tertiary alicyclic amines) is 1. The van der Waals surface area contributed by atoms with Crippen molar-refractivity contribution in [1.82, 2.24) is 10.1 Å². The molecule has 1 aromatic carbocycles. The van der Waals surface area contributed by atoms with E-state index in [1.54, 1.807) is 36.1 Å². The molecule has 7 nitrogen and oxygen atoms in total. The Labute approximate surface area is 180 Å². The van der Waals surface area contributed by atoms with E-state index in [2.05, 4.69) is 5.16 Å². The second kappa shape index (κ2) is 9.18. The number of rotatable bonds is 6. The molecule has 31 heavy (non-hydrogen) atoms. The monoisotopic (exact) mass is 430 g/mol. The molecule has 3 heterocycles. The van der Waals surface area contributed by atoms with Gasteiger partial charge in [0, 0.05) is 37.7 Å². The molecule has 2 atom stereocenters. The summed E-state index contributed by atoms with van der Waals surface area (Å²) in [5, 5.41) is 4.00. The molecule has 2 aliphatic rings. The van der Waals surface area contributed by atoms with E-state index >= 15 is 0 Å². The second-order valence-electron chi connectivity index (χ2n) is 8.20. The van der Waals surface area contributed by atoms with Crippen molar-refractivity contribution in [2.45, 2.75) is 45.1 Å². The van der Waals surface area contributed by atoms with Crippen molar-refractivity contribution in [3.05, 3.63) is 41.9 Å². The van der Waals surface area contributed by atoms with Crippen LogP contribution in [0.1, 0.15) is 38.4 Å². The Balaban J connectivity index is 1.57. The van der Waals surface area contributed by atoms with E-state index in [1.165, 1.54) is 6.07 Å². The maximum absolute atomic E-state index is 14.1. The van der Waals surface area contributed by atoms with Gasteiger partial charge >= 0.3 is 5.97 Å². The van der Waals surface area contributed by atoms with Crippen LogP contribution in [0.4, 0.5) is 4.39 Å². The third kappa shape index (κ3) is 4.49. The summed E-state index contributed by atoms with van der Waals surface area (Å²) in [5.41, 5.74) is -0.231. The topological polar surface area (TPSA) is 81.9 Å². The summed E-state index contributed by atoms with van der Waals surface area (Å²) in [6.07, 6.45) is 2.60. The fourth-order valence-electron chi connectivity index (χ4n) is 4.49. The average Bonchev–Trinajstić information content (AvgIpc) is 3.46. The smallest absolute Gasteiger partial charge is 0.314 e. The molecule has 0 radical (unpaired) electrons. The standard InChI is InChI=1S/C23H27FN2O5/c1-2-29-22(28)23(10-6-11-26(15-23)21(27)20-9-5-12-30-20)14-16-13-19(25-31-16)17-7-3-4-8-18(17)24/h3-4,7-8,13,20H,2,5-6,9-12,14-15H2,1H3. The predicted molar refractivity (Wildman–Crippen MR) is 109 cm³/mol. The first-order valence-corrected chi connectivity index (χ1v) is 10.8. The third-order valence-corrected chi connectivity index (χ3v) is 6.02. The number of hydrogen-bond donors (Lipinski definition) is 0. The Morgan fingerprint density at radius 1 is 1.32 bits per heavy atom. The molecule has 2 unspecified atom stereocenters. The first-order valence-electron chi connectivity index (χ1n) is 10.8. The molecule has 8 heteroatoms. The Kier molecular flexibility index (Phi) is 6.36. The lowest BCUT2D eigenvalue weighted by atomic mass is 9.76. The molecule has 166 valence electrons. The second-order valence-corrected chi connectivity index (χ2v) is 8.20. The SMILES string of the molecule is CCOC(=O)C1(Cc2cc(-c3ccccc3F)no2)CCCN(C(=O)C2CCCO2)C1. The molecule has 2 fully saturated rings. The lowest BCUT2D eigenvalue weighted by Crippen LogP contribution is -2.53. The van der Waals surface area contributed by atoms with Crippen LogP contribution in [0.5, 0.6) is 0 Å². The largest absolute Gasteiger partial charge is 0.466 e. The number of nitrogens with zero attached hydrogens (tertiary/aromatic N) is 2. The quantitative estimate of drug-likeness (QED) is 0.654. The molecular formula is C23H27FN2O5. The summed E-state index contributed by atoms with van der Waals surface area (Å²) >= 11 is 0. The lowest BCUT2D eigenvalue weighted by molar-refractivity contribution is -0.162. The average molecular weight is 430 g/mol. The van der Waals surface area contributed by atoms with E-state index < -0.39 is 17.3 Å². The van der Waals surface area contributed by atoms with Crippen molar-refractivity contribution < 1.29 is 28.0 Å². The summed E-state index contributed by atoms with van der Waals surface area (Å²) < 4.78 is 30.5. The summed E-state index contributed by atoms with van der Waals surface area (Å²) in [6.45, 7) is 3.41. The minimum Gasteiger partial charge on any atom is -0.466 e. The van der Waals surface area contributed by atoms with Crippen LogP contribution >= 0.6 is 0 Å². The van der Waals surface area contributed by atoms with Crippen LogP contribution in [-0.4, -0.2) is 54.3 Å². The number of aromatic nitrogens is 1. The molecule has 0 spiro atoms. The molecule has 2 aliphatic heterocycles. The van der Waals surface area contributed by atoms with Crippen molar-refractivity contribution in [2.75, 3.05) is 26.3 Å². The van der Waals surface area contributed by atoms with Gasteiger partial charge in [0.05, 0.1) is 12.0 Å². The number of carbonyl (C=O) groups is 2. The highest BCUT2D eigenvalue weighted by Gasteiger charge is 2.46. The number of piperidine rings is 1. The summed E-state index contributed by atoms with van der Waals surface area (Å²) in [7, 11) is 0. The minimum absolute atomic E-state index is 0.0736. The van der Waals surface area contributed by atoms with Crippen molar-refractivity contribution >= 4 is 11.9 Å². The maximum atomic E-state index is 14.1. The van der Waals surface area contributed by atoms with Crippen LogP contribution < -0.4 is 0 Å². The fraction of sp³-hybridized carbons (Fsp3) is 0.522. The fourth-order valence-corrected chi connectivity index (χ4v) is 4.49. The van der Waals surface area contributed by atoms with Gasteiger partial charge in [-0.1, -0.05) is 17.3 Å². The Bertz CT molecular complexity index is 940. The number of amides is 1. The van der Waals surface area contributed by atoms with E-state index in [1.807, 2.05) is 0 Å².